The number of ether oxygens (including phenoxy) is 1. The molecule has 0 aromatic carbocycles. The van der Waals surface area contributed by atoms with Crippen LogP contribution in [-0.4, -0.2) is 46.2 Å². The van der Waals surface area contributed by atoms with Crippen molar-refractivity contribution in [3.63, 3.8) is 0 Å². The van der Waals surface area contributed by atoms with E-state index >= 15 is 0 Å². The van der Waals surface area contributed by atoms with E-state index in [1.807, 2.05) is 24.0 Å². The van der Waals surface area contributed by atoms with Crippen LogP contribution < -0.4 is 5.32 Å². The van der Waals surface area contributed by atoms with Crippen LogP contribution in [0.3, 0.4) is 0 Å². The first-order chi connectivity index (χ1) is 10.8. The highest BCUT2D eigenvalue weighted by Crippen LogP contribution is 2.13. The Hall–Kier alpha value is -1.57. The average molecular weight is 319 g/mol. The Morgan fingerprint density at radius 2 is 2.18 bits per heavy atom. The smallest absolute Gasteiger partial charge is 0.222 e. The minimum atomic E-state index is 0.299. The lowest BCUT2D eigenvalue weighted by Crippen LogP contribution is -2.20. The molecule has 2 aromatic rings. The Kier molecular flexibility index (Phi) is 5.31. The lowest BCUT2D eigenvalue weighted by molar-refractivity contribution is 0.120. The van der Waals surface area contributed by atoms with Crippen molar-refractivity contribution in [2.45, 2.75) is 32.0 Å². The molecule has 3 rings (SSSR count). The summed E-state index contributed by atoms with van der Waals surface area (Å²) in [6.07, 6.45) is 8.16. The number of thiazole rings is 1. The van der Waals surface area contributed by atoms with Crippen molar-refractivity contribution in [2.24, 2.45) is 0 Å². The van der Waals surface area contributed by atoms with E-state index in [2.05, 4.69) is 32.2 Å². The number of rotatable bonds is 7. The van der Waals surface area contributed by atoms with E-state index in [0.717, 1.165) is 49.7 Å². The highest BCUT2D eigenvalue weighted by Gasteiger charge is 2.15. The summed E-state index contributed by atoms with van der Waals surface area (Å²) < 4.78 is 5.57. The molecule has 0 spiro atoms. The number of hydrogen-bond donors (Lipinski definition) is 1. The lowest BCUT2D eigenvalue weighted by Gasteiger charge is -2.15. The molecule has 1 atom stereocenters. The zero-order valence-electron chi connectivity index (χ0n) is 12.7. The third-order valence-corrected chi connectivity index (χ3v) is 4.32. The van der Waals surface area contributed by atoms with E-state index < -0.39 is 0 Å². The SMILES string of the molecule is CN(Cc1cnc(NC[C@@H]2CCCO2)nc1)Cc1nccs1. The van der Waals surface area contributed by atoms with E-state index in [1.165, 1.54) is 0 Å². The topological polar surface area (TPSA) is 63.2 Å². The van der Waals surface area contributed by atoms with E-state index in [1.54, 1.807) is 11.3 Å². The predicted molar refractivity (Wildman–Crippen MR) is 86.8 cm³/mol. The quantitative estimate of drug-likeness (QED) is 0.844. The second kappa shape index (κ2) is 7.62. The summed E-state index contributed by atoms with van der Waals surface area (Å²) in [5, 5.41) is 6.36. The molecule has 2 aromatic heterocycles. The Balaban J connectivity index is 1.46. The fourth-order valence-electron chi connectivity index (χ4n) is 2.47. The third kappa shape index (κ3) is 4.46. The van der Waals surface area contributed by atoms with Crippen LogP contribution in [0.25, 0.3) is 0 Å². The number of aromatic nitrogens is 3. The van der Waals surface area contributed by atoms with Gasteiger partial charge in [-0.3, -0.25) is 4.90 Å². The van der Waals surface area contributed by atoms with Gasteiger partial charge in [0.2, 0.25) is 5.95 Å². The van der Waals surface area contributed by atoms with Gasteiger partial charge in [-0.05, 0) is 19.9 Å². The first-order valence-electron chi connectivity index (χ1n) is 7.53. The van der Waals surface area contributed by atoms with Crippen LogP contribution >= 0.6 is 11.3 Å². The highest BCUT2D eigenvalue weighted by molar-refractivity contribution is 7.09. The van der Waals surface area contributed by atoms with Gasteiger partial charge in [0.1, 0.15) is 5.01 Å². The maximum atomic E-state index is 5.57. The van der Waals surface area contributed by atoms with Gasteiger partial charge in [-0.15, -0.1) is 11.3 Å². The molecule has 22 heavy (non-hydrogen) atoms. The fourth-order valence-corrected chi connectivity index (χ4v) is 3.16. The van der Waals surface area contributed by atoms with E-state index in [4.69, 9.17) is 4.74 Å². The van der Waals surface area contributed by atoms with Gasteiger partial charge in [0.05, 0.1) is 12.6 Å². The van der Waals surface area contributed by atoms with Crippen molar-refractivity contribution in [3.8, 4) is 0 Å². The standard InChI is InChI=1S/C15H21N5OS/c1-20(11-14-16-4-6-22-14)10-12-7-17-15(18-8-12)19-9-13-3-2-5-21-13/h4,6-8,13H,2-3,5,9-11H2,1H3,(H,17,18,19)/t13-/m0/s1. The molecule has 1 N–H and O–H groups in total. The zero-order valence-corrected chi connectivity index (χ0v) is 13.6. The van der Waals surface area contributed by atoms with Gasteiger partial charge in [0.25, 0.3) is 0 Å². The lowest BCUT2D eigenvalue weighted by atomic mass is 10.2. The molecule has 6 nitrogen and oxygen atoms in total. The molecule has 0 aliphatic carbocycles. The van der Waals surface area contributed by atoms with Gasteiger partial charge in [0.15, 0.2) is 0 Å². The molecule has 0 saturated carbocycles. The van der Waals surface area contributed by atoms with Gasteiger partial charge in [-0.1, -0.05) is 0 Å². The average Bonchev–Trinajstić information content (AvgIpc) is 3.20. The third-order valence-electron chi connectivity index (χ3n) is 3.56. The van der Waals surface area contributed by atoms with Crippen molar-refractivity contribution in [1.82, 2.24) is 19.9 Å². The summed E-state index contributed by atoms with van der Waals surface area (Å²) in [6.45, 7) is 3.31. The summed E-state index contributed by atoms with van der Waals surface area (Å²) in [6, 6.07) is 0. The zero-order chi connectivity index (χ0) is 15.2. The van der Waals surface area contributed by atoms with Crippen LogP contribution in [0, 0.1) is 0 Å². The van der Waals surface area contributed by atoms with E-state index in [-0.39, 0.29) is 0 Å². The van der Waals surface area contributed by atoms with Gasteiger partial charge in [-0.2, -0.15) is 0 Å². The van der Waals surface area contributed by atoms with Crippen LogP contribution in [0.2, 0.25) is 0 Å². The van der Waals surface area contributed by atoms with Gasteiger partial charge in [-0.25, -0.2) is 15.0 Å². The molecule has 1 aliphatic heterocycles. The summed E-state index contributed by atoms with van der Waals surface area (Å²) >= 11 is 1.68. The van der Waals surface area contributed by atoms with Crippen LogP contribution in [-0.2, 0) is 17.8 Å². The molecule has 0 amide bonds. The van der Waals surface area contributed by atoms with Crippen molar-refractivity contribution in [1.29, 1.82) is 0 Å². The highest BCUT2D eigenvalue weighted by atomic mass is 32.1. The largest absolute Gasteiger partial charge is 0.376 e. The van der Waals surface area contributed by atoms with Crippen molar-refractivity contribution in [2.75, 3.05) is 25.5 Å². The normalized spacial score (nSPS) is 18.0. The van der Waals surface area contributed by atoms with Gasteiger partial charge < -0.3 is 10.1 Å². The Morgan fingerprint density at radius 3 is 2.86 bits per heavy atom. The van der Waals surface area contributed by atoms with E-state index in [9.17, 15) is 0 Å². The maximum Gasteiger partial charge on any atom is 0.222 e. The number of nitrogens with one attached hydrogen (secondary N) is 1. The summed E-state index contributed by atoms with van der Waals surface area (Å²) in [5.41, 5.74) is 1.10. The molecule has 0 unspecified atom stereocenters. The fraction of sp³-hybridized carbons (Fsp3) is 0.533. The Bertz CT molecular complexity index is 554. The number of hydrogen-bond acceptors (Lipinski definition) is 7. The van der Waals surface area contributed by atoms with Crippen LogP contribution in [0.5, 0.6) is 0 Å². The second-order valence-corrected chi connectivity index (χ2v) is 6.51. The van der Waals surface area contributed by atoms with E-state index in [0.29, 0.717) is 12.1 Å². The molecule has 7 heteroatoms. The van der Waals surface area contributed by atoms with Crippen molar-refractivity contribution in [3.05, 3.63) is 34.5 Å². The Morgan fingerprint density at radius 1 is 1.32 bits per heavy atom. The second-order valence-electron chi connectivity index (χ2n) is 5.53. The van der Waals surface area contributed by atoms with Gasteiger partial charge in [0, 0.05) is 49.2 Å². The molecule has 118 valence electrons. The molecule has 3 heterocycles. The monoisotopic (exact) mass is 319 g/mol. The number of nitrogens with zero attached hydrogens (tertiary/aromatic N) is 4. The molecular formula is C15H21N5OS. The minimum Gasteiger partial charge on any atom is -0.376 e. The molecule has 1 fully saturated rings. The molecular weight excluding hydrogens is 298 g/mol. The van der Waals surface area contributed by atoms with Crippen molar-refractivity contribution < 1.29 is 4.74 Å². The first-order valence-corrected chi connectivity index (χ1v) is 8.41. The molecule has 0 radical (unpaired) electrons. The van der Waals surface area contributed by atoms with Crippen LogP contribution in [0.4, 0.5) is 5.95 Å². The summed E-state index contributed by atoms with van der Waals surface area (Å²) in [4.78, 5) is 15.2. The summed E-state index contributed by atoms with van der Waals surface area (Å²) in [7, 11) is 2.07. The van der Waals surface area contributed by atoms with Crippen LogP contribution in [0.15, 0.2) is 24.0 Å². The molecule has 1 saturated heterocycles. The number of anilines is 1. The maximum absolute atomic E-state index is 5.57. The van der Waals surface area contributed by atoms with Crippen molar-refractivity contribution >= 4 is 17.3 Å². The summed E-state index contributed by atoms with van der Waals surface area (Å²) in [5.74, 6) is 0.668. The molecule has 0 bridgehead atoms. The first kappa shape index (κ1) is 15.3. The predicted octanol–water partition coefficient (Wildman–Crippen LogP) is 2.16. The van der Waals surface area contributed by atoms with Crippen LogP contribution in [0.1, 0.15) is 23.4 Å². The Labute approximate surface area is 134 Å². The van der Waals surface area contributed by atoms with Gasteiger partial charge >= 0.3 is 0 Å². The molecule has 1 aliphatic rings. The minimum absolute atomic E-state index is 0.299.